The van der Waals surface area contributed by atoms with E-state index in [2.05, 4.69) is 4.99 Å². The fourth-order valence-electron chi connectivity index (χ4n) is 1.39. The summed E-state index contributed by atoms with van der Waals surface area (Å²) in [4.78, 5) is 17.1. The molecular formula is C9H16N2O2. The first-order chi connectivity index (χ1) is 6.07. The molecule has 0 saturated heterocycles. The van der Waals surface area contributed by atoms with E-state index in [-0.39, 0.29) is 18.0 Å². The van der Waals surface area contributed by atoms with Gasteiger partial charge in [0, 0.05) is 6.92 Å². The summed E-state index contributed by atoms with van der Waals surface area (Å²) in [6.45, 7) is 7.91. The Hall–Kier alpha value is -1.06. The summed E-state index contributed by atoms with van der Waals surface area (Å²) in [5.74, 6) is -0.0101. The molecule has 0 radical (unpaired) electrons. The fourth-order valence-corrected chi connectivity index (χ4v) is 1.39. The van der Waals surface area contributed by atoms with E-state index in [4.69, 9.17) is 4.74 Å². The summed E-state index contributed by atoms with van der Waals surface area (Å²) in [5.41, 5.74) is 0. The Bertz CT molecular complexity index is 238. The molecule has 1 aliphatic rings. The lowest BCUT2D eigenvalue weighted by Crippen LogP contribution is -2.41. The molecule has 1 heterocycles. The molecule has 0 aromatic carbocycles. The molecule has 2 atom stereocenters. The topological polar surface area (TPSA) is 41.9 Å². The van der Waals surface area contributed by atoms with Gasteiger partial charge in [-0.1, -0.05) is 0 Å². The van der Waals surface area contributed by atoms with E-state index in [0.29, 0.717) is 12.6 Å². The Morgan fingerprint density at radius 2 is 2.23 bits per heavy atom. The summed E-state index contributed by atoms with van der Waals surface area (Å²) in [7, 11) is 0. The van der Waals surface area contributed by atoms with Crippen LogP contribution in [0.3, 0.4) is 0 Å². The van der Waals surface area contributed by atoms with Crippen LogP contribution in [0.5, 0.6) is 0 Å². The lowest BCUT2D eigenvalue weighted by atomic mass is 10.2. The standard InChI is InChI=1S/C9H16N2O2/c1-5-13-9-10-6(2)7(3)11(9)8(4)12/h6-7H,5H2,1-4H3. The molecule has 2 unspecified atom stereocenters. The number of hydrogen-bond acceptors (Lipinski definition) is 3. The van der Waals surface area contributed by atoms with Crippen molar-refractivity contribution in [3.63, 3.8) is 0 Å². The average molecular weight is 184 g/mol. The van der Waals surface area contributed by atoms with Gasteiger partial charge >= 0.3 is 0 Å². The predicted octanol–water partition coefficient (Wildman–Crippen LogP) is 1.02. The van der Waals surface area contributed by atoms with Crippen LogP contribution >= 0.6 is 0 Å². The maximum Gasteiger partial charge on any atom is 0.294 e. The van der Waals surface area contributed by atoms with Crippen LogP contribution in [0.25, 0.3) is 0 Å². The second kappa shape index (κ2) is 3.77. The van der Waals surface area contributed by atoms with Gasteiger partial charge in [-0.2, -0.15) is 0 Å². The zero-order chi connectivity index (χ0) is 10.0. The number of aliphatic imine (C=N–C) groups is 1. The predicted molar refractivity (Wildman–Crippen MR) is 50.5 cm³/mol. The number of carbonyl (C=O) groups is 1. The van der Waals surface area contributed by atoms with Gasteiger partial charge in [0.2, 0.25) is 5.91 Å². The Labute approximate surface area is 78.6 Å². The van der Waals surface area contributed by atoms with Gasteiger partial charge in [-0.3, -0.25) is 9.69 Å². The van der Waals surface area contributed by atoms with Crippen molar-refractivity contribution < 1.29 is 9.53 Å². The van der Waals surface area contributed by atoms with Gasteiger partial charge in [0.05, 0.1) is 18.7 Å². The molecule has 4 nitrogen and oxygen atoms in total. The first kappa shape index (κ1) is 10.0. The summed E-state index contributed by atoms with van der Waals surface area (Å²) < 4.78 is 5.27. The van der Waals surface area contributed by atoms with E-state index in [1.807, 2.05) is 20.8 Å². The van der Waals surface area contributed by atoms with Crippen LogP contribution in [0.4, 0.5) is 0 Å². The quantitative estimate of drug-likeness (QED) is 0.610. The van der Waals surface area contributed by atoms with Crippen molar-refractivity contribution in [1.29, 1.82) is 0 Å². The molecule has 4 heteroatoms. The molecule has 1 rings (SSSR count). The van der Waals surface area contributed by atoms with E-state index in [0.717, 1.165) is 0 Å². The van der Waals surface area contributed by atoms with Crippen molar-refractivity contribution in [2.24, 2.45) is 4.99 Å². The minimum atomic E-state index is -0.0101. The molecule has 0 saturated carbocycles. The second-order valence-electron chi connectivity index (χ2n) is 3.21. The van der Waals surface area contributed by atoms with E-state index < -0.39 is 0 Å². The van der Waals surface area contributed by atoms with Gasteiger partial charge in [-0.15, -0.1) is 0 Å². The summed E-state index contributed by atoms with van der Waals surface area (Å²) in [6.07, 6.45) is 0. The highest BCUT2D eigenvalue weighted by Crippen LogP contribution is 2.17. The van der Waals surface area contributed by atoms with Crippen LogP contribution in [0.15, 0.2) is 4.99 Å². The minimum Gasteiger partial charge on any atom is -0.465 e. The zero-order valence-corrected chi connectivity index (χ0v) is 8.57. The maximum absolute atomic E-state index is 11.3. The van der Waals surface area contributed by atoms with E-state index >= 15 is 0 Å². The largest absolute Gasteiger partial charge is 0.465 e. The van der Waals surface area contributed by atoms with Gasteiger partial charge in [0.15, 0.2) is 0 Å². The smallest absolute Gasteiger partial charge is 0.294 e. The molecule has 0 aliphatic carbocycles. The van der Waals surface area contributed by atoms with E-state index in [1.54, 1.807) is 4.90 Å². The van der Waals surface area contributed by atoms with Gasteiger partial charge < -0.3 is 4.74 Å². The van der Waals surface area contributed by atoms with Crippen molar-refractivity contribution >= 4 is 11.9 Å². The highest BCUT2D eigenvalue weighted by Gasteiger charge is 2.33. The van der Waals surface area contributed by atoms with Gasteiger partial charge in [0.1, 0.15) is 0 Å². The molecule has 1 aliphatic heterocycles. The fraction of sp³-hybridized carbons (Fsp3) is 0.778. The number of hydrogen-bond donors (Lipinski definition) is 0. The van der Waals surface area contributed by atoms with Crippen LogP contribution in [0.1, 0.15) is 27.7 Å². The van der Waals surface area contributed by atoms with Gasteiger partial charge in [-0.25, -0.2) is 4.99 Å². The first-order valence-electron chi connectivity index (χ1n) is 4.58. The highest BCUT2D eigenvalue weighted by atomic mass is 16.5. The summed E-state index contributed by atoms with van der Waals surface area (Å²) in [6, 6.07) is 0.708. The van der Waals surface area contributed by atoms with Gasteiger partial charge in [0.25, 0.3) is 6.02 Å². The Kier molecular flexibility index (Phi) is 2.90. The highest BCUT2D eigenvalue weighted by molar-refractivity contribution is 5.94. The number of carbonyl (C=O) groups excluding carboxylic acids is 1. The molecule has 0 N–H and O–H groups in total. The SMILES string of the molecule is CCOC1=NC(C)C(C)N1C(C)=O. The van der Waals surface area contributed by atoms with Crippen molar-refractivity contribution in [2.75, 3.05) is 6.61 Å². The number of amides is 1. The average Bonchev–Trinajstić information content (AvgIpc) is 2.28. The maximum atomic E-state index is 11.3. The summed E-state index contributed by atoms with van der Waals surface area (Å²) in [5, 5.41) is 0. The Morgan fingerprint density at radius 1 is 1.62 bits per heavy atom. The van der Waals surface area contributed by atoms with Gasteiger partial charge in [-0.05, 0) is 20.8 Å². The van der Waals surface area contributed by atoms with E-state index in [1.165, 1.54) is 6.92 Å². The zero-order valence-electron chi connectivity index (χ0n) is 8.57. The molecule has 0 bridgehead atoms. The molecule has 0 aromatic heterocycles. The third-order valence-corrected chi connectivity index (χ3v) is 2.24. The molecular weight excluding hydrogens is 168 g/mol. The molecule has 0 aromatic rings. The number of nitrogens with zero attached hydrogens (tertiary/aromatic N) is 2. The van der Waals surface area contributed by atoms with Crippen molar-refractivity contribution in [2.45, 2.75) is 39.8 Å². The third kappa shape index (κ3) is 1.82. The van der Waals surface area contributed by atoms with Crippen molar-refractivity contribution in [3.05, 3.63) is 0 Å². The minimum absolute atomic E-state index is 0.0101. The monoisotopic (exact) mass is 184 g/mol. The van der Waals surface area contributed by atoms with Crippen molar-refractivity contribution in [1.82, 2.24) is 4.90 Å². The Balaban J connectivity index is 2.79. The molecule has 13 heavy (non-hydrogen) atoms. The lowest BCUT2D eigenvalue weighted by molar-refractivity contribution is -0.127. The molecule has 74 valence electrons. The van der Waals surface area contributed by atoms with E-state index in [9.17, 15) is 4.79 Å². The van der Waals surface area contributed by atoms with Crippen LogP contribution in [0.2, 0.25) is 0 Å². The van der Waals surface area contributed by atoms with Crippen LogP contribution in [-0.4, -0.2) is 35.5 Å². The number of rotatable bonds is 1. The normalized spacial score (nSPS) is 27.4. The Morgan fingerprint density at radius 3 is 2.69 bits per heavy atom. The molecule has 0 fully saturated rings. The van der Waals surface area contributed by atoms with Crippen LogP contribution in [-0.2, 0) is 9.53 Å². The van der Waals surface area contributed by atoms with Crippen LogP contribution < -0.4 is 0 Å². The molecule has 1 amide bonds. The first-order valence-corrected chi connectivity index (χ1v) is 4.58. The van der Waals surface area contributed by atoms with Crippen LogP contribution in [0, 0.1) is 0 Å². The second-order valence-corrected chi connectivity index (χ2v) is 3.21. The summed E-state index contributed by atoms with van der Waals surface area (Å²) >= 11 is 0. The van der Waals surface area contributed by atoms with Crippen molar-refractivity contribution in [3.8, 4) is 0 Å². The third-order valence-electron chi connectivity index (χ3n) is 2.24. The molecule has 0 spiro atoms. The number of amidine groups is 1. The number of ether oxygens (including phenoxy) is 1. The lowest BCUT2D eigenvalue weighted by Gasteiger charge is -2.22.